The number of nitrogens with two attached hydrogens (primary N) is 2. The van der Waals surface area contributed by atoms with Crippen LogP contribution in [-0.2, 0) is 0 Å². The number of guanidine groups is 2. The Kier molecular flexibility index (Phi) is 5.09. The predicted molar refractivity (Wildman–Crippen MR) is 106 cm³/mol. The number of ether oxygens (including phenoxy) is 1. The van der Waals surface area contributed by atoms with Gasteiger partial charge in [0.25, 0.3) is 0 Å². The minimum Gasteiger partial charge on any atom is -0.488 e. The second-order valence-corrected chi connectivity index (χ2v) is 8.17. The first-order chi connectivity index (χ1) is 12.3. The molecule has 1 saturated carbocycles. The molecule has 0 saturated heterocycles. The molecule has 0 bridgehead atoms. The van der Waals surface area contributed by atoms with Crippen molar-refractivity contribution in [2.24, 2.45) is 21.5 Å². The summed E-state index contributed by atoms with van der Waals surface area (Å²) < 4.78 is 6.74. The third kappa shape index (κ3) is 4.09. The Labute approximate surface area is 155 Å². The summed E-state index contributed by atoms with van der Waals surface area (Å²) in [5.74, 6) is 1.55. The molecule has 0 aromatic heterocycles. The maximum atomic E-state index is 6.25. The fourth-order valence-corrected chi connectivity index (χ4v) is 3.62. The molecule has 26 heavy (non-hydrogen) atoms. The molecule has 2 aliphatic rings. The lowest BCUT2D eigenvalue weighted by Crippen LogP contribution is -2.58. The summed E-state index contributed by atoms with van der Waals surface area (Å²) in [6.45, 7) is 1.63. The van der Waals surface area contributed by atoms with Gasteiger partial charge >= 0.3 is 0 Å². The summed E-state index contributed by atoms with van der Waals surface area (Å²) in [7, 11) is 6.46. The molecule has 0 amide bonds. The number of likely N-dealkylation sites (N-methyl/N-ethyl adjacent to an activating group) is 1. The Morgan fingerprint density at radius 1 is 1.08 bits per heavy atom. The molecule has 1 spiro atoms. The molecular formula is C19H31N6O+. The normalized spacial score (nSPS) is 19.9. The van der Waals surface area contributed by atoms with Gasteiger partial charge in [-0.3, -0.25) is 4.90 Å². The average molecular weight is 359 g/mol. The molecule has 142 valence electrons. The summed E-state index contributed by atoms with van der Waals surface area (Å²) in [6, 6.07) is 8.01. The van der Waals surface area contributed by atoms with E-state index < -0.39 is 5.66 Å². The zero-order chi connectivity index (χ0) is 18.8. The van der Waals surface area contributed by atoms with Crippen molar-refractivity contribution in [1.82, 2.24) is 0 Å². The lowest BCUT2D eigenvalue weighted by molar-refractivity contribution is -0.870. The molecule has 0 radical (unpaired) electrons. The van der Waals surface area contributed by atoms with Gasteiger partial charge in [-0.15, -0.1) is 0 Å². The molecular weight excluding hydrogens is 328 g/mol. The van der Waals surface area contributed by atoms with Gasteiger partial charge in [-0.25, -0.2) is 4.99 Å². The van der Waals surface area contributed by atoms with E-state index >= 15 is 0 Å². The molecule has 1 aromatic carbocycles. The molecule has 1 heterocycles. The molecule has 0 unspecified atom stereocenters. The highest BCUT2D eigenvalue weighted by molar-refractivity contribution is 6.05. The average Bonchev–Trinajstić information content (AvgIpc) is 2.55. The minimum atomic E-state index is -0.403. The second-order valence-electron chi connectivity index (χ2n) is 8.17. The number of hydrogen-bond donors (Lipinski definition) is 2. The highest BCUT2D eigenvalue weighted by Crippen LogP contribution is 2.39. The van der Waals surface area contributed by atoms with E-state index in [2.05, 4.69) is 26.1 Å². The lowest BCUT2D eigenvalue weighted by atomic mass is 9.87. The first-order valence-electron chi connectivity index (χ1n) is 9.32. The number of anilines is 1. The van der Waals surface area contributed by atoms with Gasteiger partial charge in [0.05, 0.1) is 21.1 Å². The van der Waals surface area contributed by atoms with Crippen molar-refractivity contribution >= 4 is 17.6 Å². The minimum absolute atomic E-state index is 0.279. The largest absolute Gasteiger partial charge is 0.488 e. The van der Waals surface area contributed by atoms with E-state index in [0.29, 0.717) is 12.6 Å². The molecule has 4 N–H and O–H groups in total. The number of quaternary nitrogens is 1. The molecule has 1 aliphatic heterocycles. The highest BCUT2D eigenvalue weighted by Gasteiger charge is 2.42. The van der Waals surface area contributed by atoms with Crippen LogP contribution in [0.5, 0.6) is 5.75 Å². The summed E-state index contributed by atoms with van der Waals surface area (Å²) in [5, 5.41) is 0. The van der Waals surface area contributed by atoms with E-state index in [1.54, 1.807) is 0 Å². The molecule has 1 aromatic rings. The van der Waals surface area contributed by atoms with Gasteiger partial charge in [0.1, 0.15) is 24.6 Å². The van der Waals surface area contributed by atoms with Gasteiger partial charge in [-0.1, -0.05) is 6.42 Å². The Morgan fingerprint density at radius 3 is 2.35 bits per heavy atom. The fraction of sp³-hybridized carbons (Fsp3) is 0.579. The van der Waals surface area contributed by atoms with Crippen molar-refractivity contribution < 1.29 is 9.22 Å². The summed E-state index contributed by atoms with van der Waals surface area (Å²) in [6.07, 6.45) is 5.33. The highest BCUT2D eigenvalue weighted by atomic mass is 16.5. The SMILES string of the molecule is C[N+](C)(C)CCOc1ccc(N2C(N)=NC(N)=NC23CCCCC3)cc1. The van der Waals surface area contributed by atoms with Crippen LogP contribution < -0.4 is 21.1 Å². The predicted octanol–water partition coefficient (Wildman–Crippen LogP) is 1.88. The molecule has 1 aliphatic carbocycles. The maximum Gasteiger partial charge on any atom is 0.220 e. The van der Waals surface area contributed by atoms with Gasteiger partial charge in [0.15, 0.2) is 0 Å². The molecule has 7 nitrogen and oxygen atoms in total. The zero-order valence-electron chi connectivity index (χ0n) is 16.1. The van der Waals surface area contributed by atoms with Crippen LogP contribution >= 0.6 is 0 Å². The number of nitrogens with zero attached hydrogens (tertiary/aromatic N) is 4. The van der Waals surface area contributed by atoms with Gasteiger partial charge in [-0.05, 0) is 49.9 Å². The number of aliphatic imine (C=N–C) groups is 2. The Hall–Kier alpha value is -2.28. The fourth-order valence-electron chi connectivity index (χ4n) is 3.62. The quantitative estimate of drug-likeness (QED) is 0.786. The van der Waals surface area contributed by atoms with E-state index in [0.717, 1.165) is 48.1 Å². The van der Waals surface area contributed by atoms with Crippen molar-refractivity contribution in [2.75, 3.05) is 39.2 Å². The Morgan fingerprint density at radius 2 is 1.73 bits per heavy atom. The van der Waals surface area contributed by atoms with Crippen LogP contribution in [0.3, 0.4) is 0 Å². The topological polar surface area (TPSA) is 89.2 Å². The molecule has 0 atom stereocenters. The van der Waals surface area contributed by atoms with Crippen molar-refractivity contribution in [2.45, 2.75) is 37.8 Å². The van der Waals surface area contributed by atoms with E-state index in [9.17, 15) is 0 Å². The maximum absolute atomic E-state index is 6.25. The lowest BCUT2D eigenvalue weighted by Gasteiger charge is -2.45. The summed E-state index contributed by atoms with van der Waals surface area (Å²) in [4.78, 5) is 10.9. The van der Waals surface area contributed by atoms with Crippen LogP contribution in [0.25, 0.3) is 0 Å². The number of hydrogen-bond acceptors (Lipinski definition) is 6. The Balaban J connectivity index is 1.77. The van der Waals surface area contributed by atoms with Gasteiger partial charge in [0.2, 0.25) is 11.9 Å². The van der Waals surface area contributed by atoms with Crippen LogP contribution in [0.4, 0.5) is 5.69 Å². The van der Waals surface area contributed by atoms with Crippen molar-refractivity contribution in [3.05, 3.63) is 24.3 Å². The monoisotopic (exact) mass is 359 g/mol. The van der Waals surface area contributed by atoms with Gasteiger partial charge in [-0.2, -0.15) is 4.99 Å². The van der Waals surface area contributed by atoms with E-state index in [1.807, 2.05) is 29.2 Å². The summed E-state index contributed by atoms with van der Waals surface area (Å²) in [5.41, 5.74) is 12.7. The third-order valence-electron chi connectivity index (χ3n) is 4.98. The number of benzene rings is 1. The summed E-state index contributed by atoms with van der Waals surface area (Å²) >= 11 is 0. The van der Waals surface area contributed by atoms with E-state index in [4.69, 9.17) is 21.2 Å². The first kappa shape index (κ1) is 18.5. The van der Waals surface area contributed by atoms with Crippen LogP contribution in [0.1, 0.15) is 32.1 Å². The first-order valence-corrected chi connectivity index (χ1v) is 9.32. The molecule has 3 rings (SSSR count). The zero-order valence-corrected chi connectivity index (χ0v) is 16.1. The van der Waals surface area contributed by atoms with E-state index in [1.165, 1.54) is 6.42 Å². The third-order valence-corrected chi connectivity index (χ3v) is 4.98. The van der Waals surface area contributed by atoms with Crippen LogP contribution in [0.2, 0.25) is 0 Å². The van der Waals surface area contributed by atoms with Crippen molar-refractivity contribution in [1.29, 1.82) is 0 Å². The van der Waals surface area contributed by atoms with Crippen LogP contribution in [0, 0.1) is 0 Å². The molecule has 1 fully saturated rings. The second kappa shape index (κ2) is 7.15. The Bertz CT molecular complexity index is 683. The standard InChI is InChI=1S/C19H31N6O/c1-25(2,3)13-14-26-16-9-7-15(8-10-16)24-18(21)22-17(20)23-19(24)11-5-4-6-12-19/h7-10H,4-6,11-14H2,1-3H3,(H4,20,21,22,23)/q+1. The molecule has 7 heteroatoms. The van der Waals surface area contributed by atoms with Crippen molar-refractivity contribution in [3.8, 4) is 5.75 Å². The van der Waals surface area contributed by atoms with Crippen LogP contribution in [0.15, 0.2) is 34.3 Å². The van der Waals surface area contributed by atoms with Gasteiger partial charge < -0.3 is 20.7 Å². The van der Waals surface area contributed by atoms with Gasteiger partial charge in [0, 0.05) is 5.69 Å². The van der Waals surface area contributed by atoms with E-state index in [-0.39, 0.29) is 5.96 Å². The van der Waals surface area contributed by atoms with Crippen LogP contribution in [-0.4, -0.2) is 56.4 Å². The van der Waals surface area contributed by atoms with Crippen molar-refractivity contribution in [3.63, 3.8) is 0 Å². The number of rotatable bonds is 5. The smallest absolute Gasteiger partial charge is 0.220 e.